The van der Waals surface area contributed by atoms with Crippen molar-refractivity contribution in [2.75, 3.05) is 7.05 Å². The van der Waals surface area contributed by atoms with Crippen LogP contribution in [0.3, 0.4) is 0 Å². The lowest BCUT2D eigenvalue weighted by Gasteiger charge is -2.22. The molecule has 1 atom stereocenters. The number of ether oxygens (including phenoxy) is 1. The third-order valence-corrected chi connectivity index (χ3v) is 4.86. The van der Waals surface area contributed by atoms with Gasteiger partial charge in [0, 0.05) is 24.8 Å². The number of likely N-dealkylation sites (N-methyl/N-ethyl adjacent to an activating group) is 1. The molecule has 0 saturated carbocycles. The number of carbonyl (C=O) groups excluding carboxylic acids is 1. The molecule has 3 rings (SSSR count). The molecule has 0 radical (unpaired) electrons. The number of aryl methyl sites for hydroxylation is 2. The second-order valence-corrected chi connectivity index (χ2v) is 7.17. The smallest absolute Gasteiger partial charge is 0.263 e. The summed E-state index contributed by atoms with van der Waals surface area (Å²) in [7, 11) is 1.80. The van der Waals surface area contributed by atoms with E-state index in [9.17, 15) is 4.79 Å². The zero-order valence-electron chi connectivity index (χ0n) is 17.1. The Balaban J connectivity index is 1.73. The molecule has 0 fully saturated rings. The number of rotatable bonds is 6. The van der Waals surface area contributed by atoms with E-state index in [-0.39, 0.29) is 5.91 Å². The predicted octanol–water partition coefficient (Wildman–Crippen LogP) is 4.22. The van der Waals surface area contributed by atoms with Gasteiger partial charge in [-0.05, 0) is 57.5 Å². The first-order valence-corrected chi connectivity index (χ1v) is 9.45. The van der Waals surface area contributed by atoms with Gasteiger partial charge in [-0.1, -0.05) is 30.3 Å². The van der Waals surface area contributed by atoms with Crippen molar-refractivity contribution in [1.29, 1.82) is 0 Å². The summed E-state index contributed by atoms with van der Waals surface area (Å²) in [6.45, 7) is 8.29. The summed E-state index contributed by atoms with van der Waals surface area (Å²) in [5.41, 5.74) is 5.14. The molecule has 5 heteroatoms. The van der Waals surface area contributed by atoms with E-state index in [2.05, 4.69) is 5.10 Å². The number of benzene rings is 2. The minimum atomic E-state index is -0.559. The topological polar surface area (TPSA) is 47.4 Å². The van der Waals surface area contributed by atoms with E-state index in [1.54, 1.807) is 18.9 Å². The van der Waals surface area contributed by atoms with Crippen LogP contribution in [0.25, 0.3) is 5.69 Å². The maximum atomic E-state index is 12.8. The highest BCUT2D eigenvalue weighted by molar-refractivity contribution is 5.80. The standard InChI is InChI=1S/C23H27N3O2/c1-16-10-9-13-21(14-16)28-19(4)23(27)25(5)15-22-17(2)24-26(18(22)3)20-11-7-6-8-12-20/h6-14,19H,15H2,1-5H3/t19-/m1/s1. The number of nitrogens with zero attached hydrogens (tertiary/aromatic N) is 3. The van der Waals surface area contributed by atoms with E-state index >= 15 is 0 Å². The summed E-state index contributed by atoms with van der Waals surface area (Å²) in [5.74, 6) is 0.645. The van der Waals surface area contributed by atoms with Crippen LogP contribution in [0.1, 0.15) is 29.4 Å². The fraction of sp³-hybridized carbons (Fsp3) is 0.304. The van der Waals surface area contributed by atoms with Crippen LogP contribution in [0, 0.1) is 20.8 Å². The summed E-state index contributed by atoms with van der Waals surface area (Å²) < 4.78 is 7.77. The molecule has 0 N–H and O–H groups in total. The molecule has 146 valence electrons. The molecule has 0 aliphatic carbocycles. The van der Waals surface area contributed by atoms with E-state index < -0.39 is 6.10 Å². The first-order chi connectivity index (χ1) is 13.4. The first-order valence-electron chi connectivity index (χ1n) is 9.45. The molecule has 3 aromatic rings. The van der Waals surface area contributed by atoms with Gasteiger partial charge in [-0.15, -0.1) is 0 Å². The Labute approximate surface area is 166 Å². The Morgan fingerprint density at radius 1 is 1.11 bits per heavy atom. The van der Waals surface area contributed by atoms with Gasteiger partial charge in [-0.25, -0.2) is 4.68 Å². The van der Waals surface area contributed by atoms with Crippen molar-refractivity contribution in [3.63, 3.8) is 0 Å². The van der Waals surface area contributed by atoms with Gasteiger partial charge in [0.05, 0.1) is 11.4 Å². The van der Waals surface area contributed by atoms with E-state index in [1.807, 2.05) is 80.1 Å². The van der Waals surface area contributed by atoms with Crippen LogP contribution in [0.2, 0.25) is 0 Å². The SMILES string of the molecule is Cc1cccc(O[C@H](C)C(=O)N(C)Cc2c(C)nn(-c3ccccc3)c2C)c1. The Morgan fingerprint density at radius 2 is 1.82 bits per heavy atom. The molecule has 0 unspecified atom stereocenters. The molecule has 0 saturated heterocycles. The molecule has 0 aliphatic heterocycles. The van der Waals surface area contributed by atoms with Gasteiger partial charge in [0.1, 0.15) is 5.75 Å². The fourth-order valence-corrected chi connectivity index (χ4v) is 3.29. The number of hydrogen-bond donors (Lipinski definition) is 0. The van der Waals surface area contributed by atoms with Gasteiger partial charge in [0.25, 0.3) is 5.91 Å². The van der Waals surface area contributed by atoms with Gasteiger partial charge in [0.2, 0.25) is 0 Å². The second kappa shape index (κ2) is 8.30. The number of amides is 1. The zero-order chi connectivity index (χ0) is 20.3. The predicted molar refractivity (Wildman–Crippen MR) is 111 cm³/mol. The van der Waals surface area contributed by atoms with Crippen molar-refractivity contribution in [3.05, 3.63) is 77.1 Å². The van der Waals surface area contributed by atoms with Crippen molar-refractivity contribution >= 4 is 5.91 Å². The lowest BCUT2D eigenvalue weighted by atomic mass is 10.1. The monoisotopic (exact) mass is 377 g/mol. The largest absolute Gasteiger partial charge is 0.481 e. The number of carbonyl (C=O) groups is 1. The summed E-state index contributed by atoms with van der Waals surface area (Å²) >= 11 is 0. The molecule has 1 amide bonds. The maximum absolute atomic E-state index is 12.8. The van der Waals surface area contributed by atoms with Crippen molar-refractivity contribution in [2.45, 2.75) is 40.3 Å². The summed E-state index contributed by atoms with van der Waals surface area (Å²) in [4.78, 5) is 14.5. The molecule has 0 aliphatic rings. The molecular formula is C23H27N3O2. The molecule has 1 heterocycles. The summed E-state index contributed by atoms with van der Waals surface area (Å²) in [5, 5.41) is 4.66. The number of hydrogen-bond acceptors (Lipinski definition) is 3. The van der Waals surface area contributed by atoms with Gasteiger partial charge in [0.15, 0.2) is 6.10 Å². The highest BCUT2D eigenvalue weighted by atomic mass is 16.5. The maximum Gasteiger partial charge on any atom is 0.263 e. The molecule has 2 aromatic carbocycles. The molecular weight excluding hydrogens is 350 g/mol. The van der Waals surface area contributed by atoms with Gasteiger partial charge < -0.3 is 9.64 Å². The Bertz CT molecular complexity index is 963. The molecule has 0 bridgehead atoms. The molecule has 5 nitrogen and oxygen atoms in total. The quantitative estimate of drug-likeness (QED) is 0.646. The van der Waals surface area contributed by atoms with Crippen LogP contribution < -0.4 is 4.74 Å². The van der Waals surface area contributed by atoms with Crippen molar-refractivity contribution in [2.24, 2.45) is 0 Å². The lowest BCUT2D eigenvalue weighted by molar-refractivity contribution is -0.137. The highest BCUT2D eigenvalue weighted by Gasteiger charge is 2.22. The average Bonchev–Trinajstić information content (AvgIpc) is 2.96. The van der Waals surface area contributed by atoms with Gasteiger partial charge in [-0.3, -0.25) is 4.79 Å². The van der Waals surface area contributed by atoms with Crippen LogP contribution in [0.15, 0.2) is 54.6 Å². The second-order valence-electron chi connectivity index (χ2n) is 7.17. The van der Waals surface area contributed by atoms with Crippen molar-refractivity contribution < 1.29 is 9.53 Å². The number of para-hydroxylation sites is 1. The Kier molecular flexibility index (Phi) is 5.83. The van der Waals surface area contributed by atoms with E-state index in [0.29, 0.717) is 12.3 Å². The van der Waals surface area contributed by atoms with Crippen LogP contribution in [-0.4, -0.2) is 33.7 Å². The lowest BCUT2D eigenvalue weighted by Crippen LogP contribution is -2.37. The Hall–Kier alpha value is -3.08. The average molecular weight is 377 g/mol. The number of aromatic nitrogens is 2. The van der Waals surface area contributed by atoms with Crippen LogP contribution in [0.5, 0.6) is 5.75 Å². The minimum absolute atomic E-state index is 0.0623. The fourth-order valence-electron chi connectivity index (χ4n) is 3.29. The van der Waals surface area contributed by atoms with Crippen LogP contribution >= 0.6 is 0 Å². The molecule has 28 heavy (non-hydrogen) atoms. The third-order valence-electron chi connectivity index (χ3n) is 4.86. The van der Waals surface area contributed by atoms with E-state index in [1.165, 1.54) is 0 Å². The summed E-state index contributed by atoms with van der Waals surface area (Å²) in [6, 6.07) is 17.7. The zero-order valence-corrected chi connectivity index (χ0v) is 17.1. The minimum Gasteiger partial charge on any atom is -0.481 e. The van der Waals surface area contributed by atoms with E-state index in [0.717, 1.165) is 28.2 Å². The molecule has 1 aromatic heterocycles. The summed E-state index contributed by atoms with van der Waals surface area (Å²) in [6.07, 6.45) is -0.559. The van der Waals surface area contributed by atoms with Crippen molar-refractivity contribution in [1.82, 2.24) is 14.7 Å². The first kappa shape index (κ1) is 19.7. The van der Waals surface area contributed by atoms with Crippen molar-refractivity contribution in [3.8, 4) is 11.4 Å². The van der Waals surface area contributed by atoms with E-state index in [4.69, 9.17) is 4.74 Å². The normalized spacial score (nSPS) is 11.9. The van der Waals surface area contributed by atoms with Crippen LogP contribution in [-0.2, 0) is 11.3 Å². The Morgan fingerprint density at radius 3 is 2.50 bits per heavy atom. The third kappa shape index (κ3) is 4.25. The van der Waals surface area contributed by atoms with Crippen LogP contribution in [0.4, 0.5) is 0 Å². The molecule has 0 spiro atoms. The van der Waals surface area contributed by atoms with Gasteiger partial charge >= 0.3 is 0 Å². The van der Waals surface area contributed by atoms with Gasteiger partial charge in [-0.2, -0.15) is 5.10 Å². The highest BCUT2D eigenvalue weighted by Crippen LogP contribution is 2.20.